The van der Waals surface area contributed by atoms with E-state index in [1.165, 1.54) is 11.3 Å². The van der Waals surface area contributed by atoms with E-state index in [9.17, 15) is 4.79 Å². The zero-order valence-electron chi connectivity index (χ0n) is 12.0. The Morgan fingerprint density at radius 2 is 2.13 bits per heavy atom. The Morgan fingerprint density at radius 1 is 1.17 bits per heavy atom. The summed E-state index contributed by atoms with van der Waals surface area (Å²) in [5, 5.41) is 2.85. The molecule has 0 saturated carbocycles. The molecule has 0 atom stereocenters. The number of furan rings is 2. The van der Waals surface area contributed by atoms with Gasteiger partial charge in [-0.25, -0.2) is 4.98 Å². The fourth-order valence-electron chi connectivity index (χ4n) is 2.29. The lowest BCUT2D eigenvalue weighted by Crippen LogP contribution is -2.22. The Kier molecular flexibility index (Phi) is 3.44. The lowest BCUT2D eigenvalue weighted by Gasteiger charge is -2.03. The summed E-state index contributed by atoms with van der Waals surface area (Å²) < 4.78 is 11.9. The van der Waals surface area contributed by atoms with Gasteiger partial charge in [-0.1, -0.05) is 0 Å². The number of aromatic nitrogens is 1. The van der Waals surface area contributed by atoms with E-state index in [-0.39, 0.29) is 5.91 Å². The summed E-state index contributed by atoms with van der Waals surface area (Å²) in [6.07, 6.45) is 1.59. The number of benzene rings is 1. The molecule has 0 fully saturated rings. The zero-order valence-corrected chi connectivity index (χ0v) is 12.8. The van der Waals surface area contributed by atoms with Gasteiger partial charge in [-0.3, -0.25) is 4.79 Å². The summed E-state index contributed by atoms with van der Waals surface area (Å²) in [5.74, 6) is 1.84. The van der Waals surface area contributed by atoms with Crippen molar-refractivity contribution < 1.29 is 13.6 Å². The Morgan fingerprint density at radius 3 is 3.00 bits per heavy atom. The van der Waals surface area contributed by atoms with Crippen molar-refractivity contribution in [2.45, 2.75) is 6.54 Å². The molecule has 1 amide bonds. The third-order valence-electron chi connectivity index (χ3n) is 3.44. The van der Waals surface area contributed by atoms with Crippen molar-refractivity contribution in [3.8, 4) is 11.5 Å². The van der Waals surface area contributed by atoms with Crippen molar-refractivity contribution in [2.24, 2.45) is 0 Å². The van der Waals surface area contributed by atoms with Crippen LogP contribution in [-0.2, 0) is 6.54 Å². The smallest absolute Gasteiger partial charge is 0.251 e. The first kappa shape index (κ1) is 13.8. The number of nitrogens with one attached hydrogen (secondary N) is 1. The van der Waals surface area contributed by atoms with Crippen LogP contribution in [0.25, 0.3) is 21.7 Å². The van der Waals surface area contributed by atoms with Crippen LogP contribution in [0.15, 0.2) is 63.1 Å². The number of amides is 1. The van der Waals surface area contributed by atoms with Crippen LogP contribution >= 0.6 is 11.3 Å². The predicted molar refractivity (Wildman–Crippen MR) is 87.2 cm³/mol. The highest BCUT2D eigenvalue weighted by Gasteiger charge is 2.10. The van der Waals surface area contributed by atoms with Crippen molar-refractivity contribution in [1.29, 1.82) is 0 Å². The van der Waals surface area contributed by atoms with E-state index in [0.717, 1.165) is 10.2 Å². The number of carbonyl (C=O) groups excluding carboxylic acids is 1. The second kappa shape index (κ2) is 5.73. The third kappa shape index (κ3) is 2.76. The van der Waals surface area contributed by atoms with Gasteiger partial charge < -0.3 is 14.2 Å². The minimum Gasteiger partial charge on any atom is -0.461 e. The number of carbonyl (C=O) groups is 1. The molecule has 0 saturated heterocycles. The molecule has 6 heteroatoms. The molecule has 1 N–H and O–H groups in total. The first-order chi connectivity index (χ1) is 11.3. The SMILES string of the molecule is O=C(NCc1ccc(-c2ccco2)o1)c1ccc2ncsc2c1. The van der Waals surface area contributed by atoms with Gasteiger partial charge in [-0.2, -0.15) is 0 Å². The molecule has 1 aromatic carbocycles. The second-order valence-corrected chi connectivity index (χ2v) is 5.85. The molecule has 0 aliphatic heterocycles. The van der Waals surface area contributed by atoms with Gasteiger partial charge in [0.1, 0.15) is 5.76 Å². The van der Waals surface area contributed by atoms with Gasteiger partial charge in [0, 0.05) is 5.56 Å². The summed E-state index contributed by atoms with van der Waals surface area (Å²) >= 11 is 1.52. The summed E-state index contributed by atoms with van der Waals surface area (Å²) in [6.45, 7) is 0.320. The topological polar surface area (TPSA) is 68.3 Å². The monoisotopic (exact) mass is 324 g/mol. The second-order valence-electron chi connectivity index (χ2n) is 4.96. The lowest BCUT2D eigenvalue weighted by atomic mass is 10.2. The van der Waals surface area contributed by atoms with E-state index in [1.54, 1.807) is 23.9 Å². The fraction of sp³-hybridized carbons (Fsp3) is 0.0588. The highest BCUT2D eigenvalue weighted by atomic mass is 32.1. The Bertz CT molecular complexity index is 953. The molecular weight excluding hydrogens is 312 g/mol. The molecule has 4 aromatic rings. The zero-order chi connectivity index (χ0) is 15.6. The third-order valence-corrected chi connectivity index (χ3v) is 4.23. The first-order valence-electron chi connectivity index (χ1n) is 7.03. The molecule has 4 rings (SSSR count). The van der Waals surface area contributed by atoms with E-state index < -0.39 is 0 Å². The quantitative estimate of drug-likeness (QED) is 0.614. The molecule has 0 spiro atoms. The maximum absolute atomic E-state index is 12.2. The molecule has 0 aliphatic rings. The van der Waals surface area contributed by atoms with E-state index >= 15 is 0 Å². The Hall–Kier alpha value is -2.86. The summed E-state index contributed by atoms with van der Waals surface area (Å²) in [4.78, 5) is 16.4. The average molecular weight is 324 g/mol. The van der Waals surface area contributed by atoms with Crippen LogP contribution < -0.4 is 5.32 Å². The minimum absolute atomic E-state index is 0.142. The number of hydrogen-bond acceptors (Lipinski definition) is 5. The predicted octanol–water partition coefficient (Wildman–Crippen LogP) is 4.08. The van der Waals surface area contributed by atoms with Gasteiger partial charge in [-0.05, 0) is 42.5 Å². The van der Waals surface area contributed by atoms with Crippen molar-refractivity contribution in [3.63, 3.8) is 0 Å². The number of rotatable bonds is 4. The van der Waals surface area contributed by atoms with Crippen molar-refractivity contribution in [1.82, 2.24) is 10.3 Å². The highest BCUT2D eigenvalue weighted by Crippen LogP contribution is 2.22. The van der Waals surface area contributed by atoms with Crippen LogP contribution in [0.3, 0.4) is 0 Å². The fourth-order valence-corrected chi connectivity index (χ4v) is 3.01. The molecule has 0 aliphatic carbocycles. The molecule has 0 radical (unpaired) electrons. The number of nitrogens with zero attached hydrogens (tertiary/aromatic N) is 1. The highest BCUT2D eigenvalue weighted by molar-refractivity contribution is 7.16. The van der Waals surface area contributed by atoms with E-state index in [1.807, 2.05) is 30.3 Å². The van der Waals surface area contributed by atoms with E-state index in [4.69, 9.17) is 8.83 Å². The van der Waals surface area contributed by atoms with Crippen LogP contribution in [0.5, 0.6) is 0 Å². The van der Waals surface area contributed by atoms with E-state index in [2.05, 4.69) is 10.3 Å². The molecule has 0 bridgehead atoms. The molecule has 3 aromatic heterocycles. The number of hydrogen-bond donors (Lipinski definition) is 1. The van der Waals surface area contributed by atoms with Gasteiger partial charge in [-0.15, -0.1) is 11.3 Å². The van der Waals surface area contributed by atoms with Gasteiger partial charge >= 0.3 is 0 Å². The van der Waals surface area contributed by atoms with Crippen molar-refractivity contribution >= 4 is 27.5 Å². The molecule has 114 valence electrons. The molecule has 5 nitrogen and oxygen atoms in total. The van der Waals surface area contributed by atoms with Gasteiger partial charge in [0.2, 0.25) is 0 Å². The van der Waals surface area contributed by atoms with Gasteiger partial charge in [0.25, 0.3) is 5.91 Å². The molecular formula is C17H12N2O3S. The van der Waals surface area contributed by atoms with Crippen LogP contribution in [0.2, 0.25) is 0 Å². The van der Waals surface area contributed by atoms with E-state index in [0.29, 0.717) is 29.4 Å². The molecule has 23 heavy (non-hydrogen) atoms. The number of fused-ring (bicyclic) bond motifs is 1. The average Bonchev–Trinajstić information content (AvgIpc) is 3.32. The Labute approximate surface area is 135 Å². The number of thiazole rings is 1. The molecule has 3 heterocycles. The van der Waals surface area contributed by atoms with Crippen LogP contribution in [0.1, 0.15) is 16.1 Å². The minimum atomic E-state index is -0.142. The summed E-state index contributed by atoms with van der Waals surface area (Å²) in [6, 6.07) is 12.7. The van der Waals surface area contributed by atoms with Crippen LogP contribution in [0.4, 0.5) is 0 Å². The maximum Gasteiger partial charge on any atom is 0.251 e. The van der Waals surface area contributed by atoms with Crippen LogP contribution in [0, 0.1) is 0 Å². The lowest BCUT2D eigenvalue weighted by molar-refractivity contribution is 0.0948. The van der Waals surface area contributed by atoms with Crippen LogP contribution in [-0.4, -0.2) is 10.9 Å². The Balaban J connectivity index is 1.45. The maximum atomic E-state index is 12.2. The molecule has 0 unspecified atom stereocenters. The van der Waals surface area contributed by atoms with Gasteiger partial charge in [0.15, 0.2) is 11.5 Å². The van der Waals surface area contributed by atoms with Gasteiger partial charge in [0.05, 0.1) is 28.5 Å². The first-order valence-corrected chi connectivity index (χ1v) is 7.91. The summed E-state index contributed by atoms with van der Waals surface area (Å²) in [5.41, 5.74) is 3.28. The largest absolute Gasteiger partial charge is 0.461 e. The standard InChI is InChI=1S/C17H12N2O3S/c20-17(11-3-5-13-16(8-11)23-10-19-13)18-9-12-4-6-15(22-12)14-2-1-7-21-14/h1-8,10H,9H2,(H,18,20). The summed E-state index contributed by atoms with van der Waals surface area (Å²) in [7, 11) is 0. The normalized spacial score (nSPS) is 11.0. The van der Waals surface area contributed by atoms with Crippen molar-refractivity contribution in [2.75, 3.05) is 0 Å². The van der Waals surface area contributed by atoms with Crippen molar-refractivity contribution in [3.05, 3.63) is 65.6 Å².